The number of amides is 1. The summed E-state index contributed by atoms with van der Waals surface area (Å²) in [5.41, 5.74) is 1.98. The Hall–Kier alpha value is -3.62. The minimum Gasteiger partial charge on any atom is -0.326 e. The van der Waals surface area contributed by atoms with E-state index in [-0.39, 0.29) is 5.91 Å². The summed E-state index contributed by atoms with van der Waals surface area (Å²) < 4.78 is 1.57. The van der Waals surface area contributed by atoms with Gasteiger partial charge in [-0.25, -0.2) is 4.98 Å². The van der Waals surface area contributed by atoms with Gasteiger partial charge in [0, 0.05) is 24.3 Å². The Bertz CT molecular complexity index is 935. The molecule has 0 unspecified atom stereocenters. The molecule has 1 atom stereocenters. The molecule has 0 saturated carbocycles. The smallest absolute Gasteiger partial charge is 0.257 e. The highest BCUT2D eigenvalue weighted by molar-refractivity contribution is 6.05. The van der Waals surface area contributed by atoms with Crippen molar-refractivity contribution in [1.82, 2.24) is 30.2 Å². The van der Waals surface area contributed by atoms with Crippen LogP contribution in [0.5, 0.6) is 0 Å². The van der Waals surface area contributed by atoms with Crippen molar-refractivity contribution in [3.8, 4) is 0 Å². The number of aromatic nitrogens is 6. The predicted octanol–water partition coefficient (Wildman–Crippen LogP) is 1.39. The molecule has 4 heterocycles. The summed E-state index contributed by atoms with van der Waals surface area (Å²) in [6.45, 7) is 1.81. The van der Waals surface area contributed by atoms with Crippen LogP contribution in [0.15, 0.2) is 60.2 Å². The standard InChI is InChI=1S/C16H14N8O/c1-10-13(15(25)20-12-6-2-3-8-18-12)14(11-5-4-7-17-9-11)24-16(19-10)21-22-23-24/h2-9,14H,1H3,(H,18,20,25)(H,19,21,23)/t14-/m0/s1. The van der Waals surface area contributed by atoms with E-state index in [2.05, 4.69) is 36.1 Å². The van der Waals surface area contributed by atoms with Crippen LogP contribution in [0.4, 0.5) is 11.8 Å². The van der Waals surface area contributed by atoms with Crippen LogP contribution >= 0.6 is 0 Å². The minimum atomic E-state index is -0.483. The fourth-order valence-electron chi connectivity index (χ4n) is 2.77. The molecule has 1 aliphatic heterocycles. The fraction of sp³-hybridized carbons (Fsp3) is 0.125. The molecular weight excluding hydrogens is 320 g/mol. The van der Waals surface area contributed by atoms with Crippen molar-refractivity contribution in [1.29, 1.82) is 0 Å². The van der Waals surface area contributed by atoms with Crippen molar-refractivity contribution in [2.24, 2.45) is 0 Å². The van der Waals surface area contributed by atoms with Gasteiger partial charge in [-0.15, -0.1) is 0 Å². The fourth-order valence-corrected chi connectivity index (χ4v) is 2.77. The van der Waals surface area contributed by atoms with Crippen LogP contribution in [0.2, 0.25) is 0 Å². The SMILES string of the molecule is CC1=C(C(=O)Nc2ccccn2)[C@H](c2cccnc2)n2nnnc2N1. The van der Waals surface area contributed by atoms with Gasteiger partial charge in [0.2, 0.25) is 5.95 Å². The zero-order valence-corrected chi connectivity index (χ0v) is 13.3. The molecule has 0 bridgehead atoms. The number of carbonyl (C=O) groups is 1. The van der Waals surface area contributed by atoms with Crippen molar-refractivity contribution in [2.75, 3.05) is 10.6 Å². The van der Waals surface area contributed by atoms with Crippen LogP contribution in [0, 0.1) is 0 Å². The number of tetrazole rings is 1. The number of hydrogen-bond acceptors (Lipinski definition) is 7. The number of rotatable bonds is 3. The first kappa shape index (κ1) is 14.9. The average Bonchev–Trinajstić information content (AvgIpc) is 3.10. The monoisotopic (exact) mass is 334 g/mol. The van der Waals surface area contributed by atoms with E-state index in [1.165, 1.54) is 0 Å². The lowest BCUT2D eigenvalue weighted by molar-refractivity contribution is -0.113. The number of allylic oxidation sites excluding steroid dienone is 1. The molecule has 0 aliphatic carbocycles. The van der Waals surface area contributed by atoms with Crippen LogP contribution < -0.4 is 10.6 Å². The van der Waals surface area contributed by atoms with Crippen LogP contribution in [0.25, 0.3) is 0 Å². The summed E-state index contributed by atoms with van der Waals surface area (Å²) in [6, 6.07) is 8.53. The van der Waals surface area contributed by atoms with E-state index in [4.69, 9.17) is 0 Å². The molecule has 1 aliphatic rings. The molecule has 0 spiro atoms. The number of anilines is 2. The van der Waals surface area contributed by atoms with E-state index in [0.717, 1.165) is 5.56 Å². The van der Waals surface area contributed by atoms with Gasteiger partial charge in [0.25, 0.3) is 5.91 Å². The van der Waals surface area contributed by atoms with Crippen LogP contribution in [-0.2, 0) is 4.79 Å². The highest BCUT2D eigenvalue weighted by atomic mass is 16.1. The van der Waals surface area contributed by atoms with E-state index >= 15 is 0 Å². The van der Waals surface area contributed by atoms with Gasteiger partial charge in [-0.05, 0) is 41.1 Å². The Morgan fingerprint density at radius 3 is 2.92 bits per heavy atom. The van der Waals surface area contributed by atoms with Gasteiger partial charge in [-0.3, -0.25) is 9.78 Å². The number of carbonyl (C=O) groups excluding carboxylic acids is 1. The third-order valence-electron chi connectivity index (χ3n) is 3.87. The Kier molecular flexibility index (Phi) is 3.65. The summed E-state index contributed by atoms with van der Waals surface area (Å²) in [5, 5.41) is 17.6. The van der Waals surface area contributed by atoms with E-state index in [1.54, 1.807) is 41.5 Å². The van der Waals surface area contributed by atoms with E-state index < -0.39 is 6.04 Å². The van der Waals surface area contributed by atoms with E-state index in [1.807, 2.05) is 19.1 Å². The van der Waals surface area contributed by atoms with Crippen molar-refractivity contribution in [3.05, 3.63) is 65.8 Å². The lowest BCUT2D eigenvalue weighted by Crippen LogP contribution is -2.31. The summed E-state index contributed by atoms with van der Waals surface area (Å²) in [6.07, 6.45) is 4.99. The third-order valence-corrected chi connectivity index (χ3v) is 3.87. The molecule has 9 nitrogen and oxygen atoms in total. The maximum atomic E-state index is 12.9. The van der Waals surface area contributed by atoms with Gasteiger partial charge in [-0.1, -0.05) is 17.2 Å². The van der Waals surface area contributed by atoms with E-state index in [9.17, 15) is 4.79 Å². The quantitative estimate of drug-likeness (QED) is 0.744. The summed E-state index contributed by atoms with van der Waals surface area (Å²) in [7, 11) is 0. The van der Waals surface area contributed by atoms with Gasteiger partial charge in [0.1, 0.15) is 11.9 Å². The lowest BCUT2D eigenvalue weighted by atomic mass is 9.96. The zero-order chi connectivity index (χ0) is 17.2. The lowest BCUT2D eigenvalue weighted by Gasteiger charge is -2.27. The van der Waals surface area contributed by atoms with Crippen LogP contribution in [0.1, 0.15) is 18.5 Å². The van der Waals surface area contributed by atoms with Crippen molar-refractivity contribution in [2.45, 2.75) is 13.0 Å². The Labute approximate surface area is 142 Å². The van der Waals surface area contributed by atoms with Crippen molar-refractivity contribution >= 4 is 17.7 Å². The highest BCUT2D eigenvalue weighted by Crippen LogP contribution is 2.34. The van der Waals surface area contributed by atoms with Gasteiger partial charge in [-0.2, -0.15) is 4.68 Å². The van der Waals surface area contributed by atoms with Crippen molar-refractivity contribution < 1.29 is 4.79 Å². The number of pyridine rings is 2. The molecule has 0 aromatic carbocycles. The molecule has 0 saturated heterocycles. The third kappa shape index (κ3) is 2.71. The first-order chi connectivity index (χ1) is 12.2. The first-order valence-corrected chi connectivity index (χ1v) is 7.62. The Balaban J connectivity index is 1.77. The maximum Gasteiger partial charge on any atom is 0.257 e. The molecule has 25 heavy (non-hydrogen) atoms. The van der Waals surface area contributed by atoms with Gasteiger partial charge in [0.15, 0.2) is 0 Å². The molecule has 1 amide bonds. The second kappa shape index (κ2) is 6.11. The molecule has 0 radical (unpaired) electrons. The van der Waals surface area contributed by atoms with Crippen molar-refractivity contribution in [3.63, 3.8) is 0 Å². The molecule has 0 fully saturated rings. The number of nitrogens with zero attached hydrogens (tertiary/aromatic N) is 6. The van der Waals surface area contributed by atoms with Gasteiger partial charge >= 0.3 is 0 Å². The Morgan fingerprint density at radius 1 is 1.24 bits per heavy atom. The second-order valence-corrected chi connectivity index (χ2v) is 5.47. The average molecular weight is 334 g/mol. The maximum absolute atomic E-state index is 12.9. The minimum absolute atomic E-state index is 0.279. The molecule has 4 rings (SSSR count). The normalized spacial score (nSPS) is 16.1. The molecule has 124 valence electrons. The molecule has 3 aromatic rings. The van der Waals surface area contributed by atoms with Crippen LogP contribution in [0.3, 0.4) is 0 Å². The molecular formula is C16H14N8O. The number of hydrogen-bond donors (Lipinski definition) is 2. The van der Waals surface area contributed by atoms with Gasteiger partial charge in [0.05, 0.1) is 5.57 Å². The van der Waals surface area contributed by atoms with Gasteiger partial charge < -0.3 is 10.6 Å². The molecule has 2 N–H and O–H groups in total. The predicted molar refractivity (Wildman–Crippen MR) is 89.4 cm³/mol. The summed E-state index contributed by atoms with van der Waals surface area (Å²) in [5.74, 6) is 0.666. The molecule has 9 heteroatoms. The van der Waals surface area contributed by atoms with E-state index in [0.29, 0.717) is 23.0 Å². The summed E-state index contributed by atoms with van der Waals surface area (Å²) >= 11 is 0. The number of fused-ring (bicyclic) bond motifs is 1. The topological polar surface area (TPSA) is 111 Å². The Morgan fingerprint density at radius 2 is 2.16 bits per heavy atom. The molecule has 3 aromatic heterocycles. The highest BCUT2D eigenvalue weighted by Gasteiger charge is 2.34. The van der Waals surface area contributed by atoms with Crippen LogP contribution in [-0.4, -0.2) is 36.1 Å². The largest absolute Gasteiger partial charge is 0.326 e. The summed E-state index contributed by atoms with van der Waals surface area (Å²) in [4.78, 5) is 21.2. The second-order valence-electron chi connectivity index (χ2n) is 5.47. The first-order valence-electron chi connectivity index (χ1n) is 7.62. The number of nitrogens with one attached hydrogen (secondary N) is 2. The zero-order valence-electron chi connectivity index (χ0n) is 13.3.